The van der Waals surface area contributed by atoms with Crippen molar-refractivity contribution in [2.45, 2.75) is 37.8 Å². The SMILES string of the molecule is CN1C(=O)COC(C(=O)N2CCCCCC2)C1c1cccc(F)c1. The lowest BCUT2D eigenvalue weighted by molar-refractivity contribution is -0.167. The topological polar surface area (TPSA) is 49.9 Å². The Morgan fingerprint density at radius 3 is 2.58 bits per heavy atom. The Balaban J connectivity index is 1.88. The second-order valence-corrected chi connectivity index (χ2v) is 6.48. The predicted octanol–water partition coefficient (Wildman–Crippen LogP) is 2.13. The molecule has 1 aromatic rings. The Labute approximate surface area is 141 Å². The van der Waals surface area contributed by atoms with Crippen molar-refractivity contribution in [1.82, 2.24) is 9.80 Å². The third-order valence-electron chi connectivity index (χ3n) is 4.84. The van der Waals surface area contributed by atoms with E-state index in [1.807, 2.05) is 4.90 Å². The molecule has 0 spiro atoms. The van der Waals surface area contributed by atoms with Crippen LogP contribution in [0.1, 0.15) is 37.3 Å². The third-order valence-corrected chi connectivity index (χ3v) is 4.84. The lowest BCUT2D eigenvalue weighted by Crippen LogP contribution is -2.54. The zero-order valence-corrected chi connectivity index (χ0v) is 13.9. The van der Waals surface area contributed by atoms with Crippen molar-refractivity contribution in [3.05, 3.63) is 35.6 Å². The number of halogens is 1. The molecule has 2 heterocycles. The maximum Gasteiger partial charge on any atom is 0.254 e. The molecular formula is C18H23FN2O3. The zero-order chi connectivity index (χ0) is 17.1. The van der Waals surface area contributed by atoms with E-state index in [0.717, 1.165) is 25.7 Å². The maximum absolute atomic E-state index is 13.6. The number of hydrogen-bond acceptors (Lipinski definition) is 3. The van der Waals surface area contributed by atoms with Crippen LogP contribution in [0.25, 0.3) is 0 Å². The second kappa shape index (κ2) is 7.30. The quantitative estimate of drug-likeness (QED) is 0.832. The van der Waals surface area contributed by atoms with Gasteiger partial charge in [-0.05, 0) is 30.5 Å². The van der Waals surface area contributed by atoms with Gasteiger partial charge in [0.25, 0.3) is 5.91 Å². The molecule has 0 aromatic heterocycles. The fourth-order valence-corrected chi connectivity index (χ4v) is 3.48. The fraction of sp³-hybridized carbons (Fsp3) is 0.556. The molecule has 1 aromatic carbocycles. The number of rotatable bonds is 2. The van der Waals surface area contributed by atoms with Crippen LogP contribution in [0.5, 0.6) is 0 Å². The van der Waals surface area contributed by atoms with Gasteiger partial charge in [-0.25, -0.2) is 4.39 Å². The van der Waals surface area contributed by atoms with E-state index in [1.165, 1.54) is 17.0 Å². The number of hydrogen-bond donors (Lipinski definition) is 0. The van der Waals surface area contributed by atoms with Crippen LogP contribution in [-0.4, -0.2) is 54.5 Å². The molecule has 2 unspecified atom stereocenters. The molecule has 2 fully saturated rings. The van der Waals surface area contributed by atoms with Gasteiger partial charge in [-0.15, -0.1) is 0 Å². The van der Waals surface area contributed by atoms with Crippen LogP contribution in [0.3, 0.4) is 0 Å². The molecule has 0 radical (unpaired) electrons. The van der Waals surface area contributed by atoms with Crippen LogP contribution in [-0.2, 0) is 14.3 Å². The first kappa shape index (κ1) is 16.9. The normalized spacial score (nSPS) is 25.5. The van der Waals surface area contributed by atoms with E-state index in [-0.39, 0.29) is 24.2 Å². The van der Waals surface area contributed by atoms with Crippen molar-refractivity contribution < 1.29 is 18.7 Å². The molecule has 130 valence electrons. The van der Waals surface area contributed by atoms with Crippen molar-refractivity contribution in [2.24, 2.45) is 0 Å². The minimum absolute atomic E-state index is 0.106. The van der Waals surface area contributed by atoms with Gasteiger partial charge in [0, 0.05) is 20.1 Å². The van der Waals surface area contributed by atoms with Gasteiger partial charge in [0.1, 0.15) is 12.4 Å². The Kier molecular flexibility index (Phi) is 5.14. The van der Waals surface area contributed by atoms with Crippen molar-refractivity contribution in [2.75, 3.05) is 26.7 Å². The number of carbonyl (C=O) groups excluding carboxylic acids is 2. The van der Waals surface area contributed by atoms with E-state index in [1.54, 1.807) is 19.2 Å². The number of carbonyl (C=O) groups is 2. The van der Waals surface area contributed by atoms with E-state index in [0.29, 0.717) is 18.7 Å². The van der Waals surface area contributed by atoms with Crippen LogP contribution in [0.15, 0.2) is 24.3 Å². The summed E-state index contributed by atoms with van der Waals surface area (Å²) < 4.78 is 19.3. The summed E-state index contributed by atoms with van der Waals surface area (Å²) in [6.07, 6.45) is 3.44. The molecule has 2 atom stereocenters. The average Bonchev–Trinajstić information content (AvgIpc) is 2.86. The first-order valence-corrected chi connectivity index (χ1v) is 8.49. The van der Waals surface area contributed by atoms with Crippen molar-refractivity contribution >= 4 is 11.8 Å². The number of ether oxygens (including phenoxy) is 1. The summed E-state index contributed by atoms with van der Waals surface area (Å²) in [6, 6.07) is 5.43. The minimum Gasteiger partial charge on any atom is -0.356 e. The highest BCUT2D eigenvalue weighted by molar-refractivity contribution is 5.86. The highest BCUT2D eigenvalue weighted by Crippen LogP contribution is 2.31. The number of nitrogens with zero attached hydrogens (tertiary/aromatic N) is 2. The summed E-state index contributed by atoms with van der Waals surface area (Å²) in [7, 11) is 1.64. The van der Waals surface area contributed by atoms with Crippen molar-refractivity contribution in [3.8, 4) is 0 Å². The number of likely N-dealkylation sites (tertiary alicyclic amines) is 1. The monoisotopic (exact) mass is 334 g/mol. The van der Waals surface area contributed by atoms with Crippen LogP contribution >= 0.6 is 0 Å². The highest BCUT2D eigenvalue weighted by atomic mass is 19.1. The molecule has 0 saturated carbocycles. The first-order chi connectivity index (χ1) is 11.6. The van der Waals surface area contributed by atoms with Crippen LogP contribution in [0, 0.1) is 5.82 Å². The van der Waals surface area contributed by atoms with Crippen LogP contribution in [0.4, 0.5) is 4.39 Å². The molecular weight excluding hydrogens is 311 g/mol. The Morgan fingerprint density at radius 2 is 1.92 bits per heavy atom. The van der Waals surface area contributed by atoms with Crippen molar-refractivity contribution in [3.63, 3.8) is 0 Å². The standard InChI is InChI=1S/C18H23FN2O3/c1-20-15(22)12-24-17(16(20)13-7-6-8-14(19)11-13)18(23)21-9-4-2-3-5-10-21/h6-8,11,16-17H,2-5,9-10,12H2,1H3. The third kappa shape index (κ3) is 3.43. The smallest absolute Gasteiger partial charge is 0.254 e. The summed E-state index contributed by atoms with van der Waals surface area (Å²) >= 11 is 0. The average molecular weight is 334 g/mol. The van der Waals surface area contributed by atoms with E-state index >= 15 is 0 Å². The predicted molar refractivity (Wildman–Crippen MR) is 86.7 cm³/mol. The van der Waals surface area contributed by atoms with Gasteiger partial charge in [0.2, 0.25) is 5.91 Å². The van der Waals surface area contributed by atoms with Crippen LogP contribution in [0.2, 0.25) is 0 Å². The highest BCUT2D eigenvalue weighted by Gasteiger charge is 2.41. The Bertz CT molecular complexity index is 614. The minimum atomic E-state index is -0.785. The number of amides is 2. The number of likely N-dealkylation sites (N-methyl/N-ethyl adjacent to an activating group) is 1. The van der Waals surface area contributed by atoms with Gasteiger partial charge in [-0.3, -0.25) is 9.59 Å². The molecule has 0 aliphatic carbocycles. The summed E-state index contributed by atoms with van der Waals surface area (Å²) in [5.41, 5.74) is 0.582. The summed E-state index contributed by atoms with van der Waals surface area (Å²) in [5, 5.41) is 0. The molecule has 0 N–H and O–H groups in total. The summed E-state index contributed by atoms with van der Waals surface area (Å²) in [5.74, 6) is -0.699. The molecule has 2 aliphatic heterocycles. The van der Waals surface area contributed by atoms with Gasteiger partial charge in [-0.2, -0.15) is 0 Å². The summed E-state index contributed by atoms with van der Waals surface area (Å²) in [6.45, 7) is 1.31. The fourth-order valence-electron chi connectivity index (χ4n) is 3.48. The molecule has 2 aliphatic rings. The largest absolute Gasteiger partial charge is 0.356 e. The first-order valence-electron chi connectivity index (χ1n) is 8.49. The molecule has 3 rings (SSSR count). The maximum atomic E-state index is 13.6. The molecule has 6 heteroatoms. The van der Waals surface area contributed by atoms with Gasteiger partial charge in [-0.1, -0.05) is 25.0 Å². The van der Waals surface area contributed by atoms with Crippen molar-refractivity contribution in [1.29, 1.82) is 0 Å². The molecule has 5 nitrogen and oxygen atoms in total. The van der Waals surface area contributed by atoms with Gasteiger partial charge in [0.05, 0.1) is 6.04 Å². The van der Waals surface area contributed by atoms with Gasteiger partial charge in [0.15, 0.2) is 6.10 Å². The molecule has 2 saturated heterocycles. The van der Waals surface area contributed by atoms with Gasteiger partial charge < -0.3 is 14.5 Å². The zero-order valence-electron chi connectivity index (χ0n) is 13.9. The van der Waals surface area contributed by atoms with E-state index in [9.17, 15) is 14.0 Å². The molecule has 24 heavy (non-hydrogen) atoms. The molecule has 2 amide bonds. The Morgan fingerprint density at radius 1 is 1.21 bits per heavy atom. The molecule has 0 bridgehead atoms. The summed E-state index contributed by atoms with van der Waals surface area (Å²) in [4.78, 5) is 28.4. The van der Waals surface area contributed by atoms with Crippen LogP contribution < -0.4 is 0 Å². The number of morpholine rings is 1. The number of benzene rings is 1. The van der Waals surface area contributed by atoms with E-state index in [4.69, 9.17) is 4.74 Å². The Hall–Kier alpha value is -1.95. The van der Waals surface area contributed by atoms with E-state index in [2.05, 4.69) is 0 Å². The second-order valence-electron chi connectivity index (χ2n) is 6.48. The van der Waals surface area contributed by atoms with Gasteiger partial charge >= 0.3 is 0 Å². The lowest BCUT2D eigenvalue weighted by Gasteiger charge is -2.40. The van der Waals surface area contributed by atoms with E-state index < -0.39 is 12.1 Å². The lowest BCUT2D eigenvalue weighted by atomic mass is 9.97.